The normalized spacial score (nSPS) is 13.8. The van der Waals surface area contributed by atoms with Crippen LogP contribution in [0.15, 0.2) is 24.3 Å². The molecule has 0 aliphatic heterocycles. The van der Waals surface area contributed by atoms with Crippen LogP contribution < -0.4 is 10.1 Å². The quantitative estimate of drug-likeness (QED) is 0.809. The highest BCUT2D eigenvalue weighted by atomic mass is 16.5. The average Bonchev–Trinajstić information content (AvgIpc) is 2.38. The Bertz CT molecular complexity index is 375. The number of aliphatic hydroxyl groups excluding tert-OH is 1. The van der Waals surface area contributed by atoms with E-state index in [0.717, 1.165) is 11.3 Å². The van der Waals surface area contributed by atoms with Gasteiger partial charge in [0, 0.05) is 12.6 Å². The monoisotopic (exact) mass is 251 g/mol. The van der Waals surface area contributed by atoms with Crippen molar-refractivity contribution in [2.75, 3.05) is 13.7 Å². The molecule has 2 atom stereocenters. The number of benzene rings is 1. The molecule has 0 aliphatic carbocycles. The Morgan fingerprint density at radius 3 is 2.44 bits per heavy atom. The van der Waals surface area contributed by atoms with Gasteiger partial charge < -0.3 is 15.2 Å². The summed E-state index contributed by atoms with van der Waals surface area (Å²) in [5, 5.41) is 11.7. The number of carbonyl (C=O) groups excluding carboxylic acids is 1. The van der Waals surface area contributed by atoms with Crippen LogP contribution in [0.2, 0.25) is 0 Å². The van der Waals surface area contributed by atoms with Crippen LogP contribution in [0.1, 0.15) is 31.7 Å². The number of rotatable bonds is 6. The van der Waals surface area contributed by atoms with Crippen molar-refractivity contribution in [2.24, 2.45) is 0 Å². The first kappa shape index (κ1) is 14.5. The third kappa shape index (κ3) is 4.04. The second kappa shape index (κ2) is 7.01. The number of ether oxygens (including phenoxy) is 1. The van der Waals surface area contributed by atoms with Crippen LogP contribution in [-0.2, 0) is 4.79 Å². The standard InChI is InChI=1S/C14H21NO3/c1-10(8-9-16)15-14(17)11(2)12-4-6-13(18-3)7-5-12/h4-7,10-11,16H,8-9H2,1-3H3,(H,15,17). The lowest BCUT2D eigenvalue weighted by atomic mass is 10.00. The Morgan fingerprint density at radius 2 is 1.94 bits per heavy atom. The zero-order valence-electron chi connectivity index (χ0n) is 11.1. The fraction of sp³-hybridized carbons (Fsp3) is 0.500. The van der Waals surface area contributed by atoms with Gasteiger partial charge in [0.15, 0.2) is 0 Å². The molecule has 0 saturated heterocycles. The molecule has 1 amide bonds. The molecule has 100 valence electrons. The van der Waals surface area contributed by atoms with Crippen molar-refractivity contribution in [1.29, 1.82) is 0 Å². The molecule has 2 unspecified atom stereocenters. The Hall–Kier alpha value is -1.55. The van der Waals surface area contributed by atoms with Gasteiger partial charge in [0.25, 0.3) is 0 Å². The smallest absolute Gasteiger partial charge is 0.227 e. The second-order valence-corrected chi connectivity index (χ2v) is 4.42. The first-order valence-electron chi connectivity index (χ1n) is 6.13. The number of aliphatic hydroxyl groups is 1. The van der Waals surface area contributed by atoms with Crippen molar-refractivity contribution in [1.82, 2.24) is 5.32 Å². The summed E-state index contributed by atoms with van der Waals surface area (Å²) in [6.45, 7) is 3.83. The minimum absolute atomic E-state index is 0.0109. The number of hydrogen-bond acceptors (Lipinski definition) is 3. The van der Waals surface area contributed by atoms with Gasteiger partial charge in [-0.05, 0) is 38.0 Å². The minimum atomic E-state index is -0.211. The number of nitrogens with one attached hydrogen (secondary N) is 1. The van der Waals surface area contributed by atoms with E-state index in [2.05, 4.69) is 5.32 Å². The topological polar surface area (TPSA) is 58.6 Å². The van der Waals surface area contributed by atoms with E-state index < -0.39 is 0 Å². The maximum Gasteiger partial charge on any atom is 0.227 e. The van der Waals surface area contributed by atoms with Crippen molar-refractivity contribution in [3.8, 4) is 5.75 Å². The lowest BCUT2D eigenvalue weighted by molar-refractivity contribution is -0.122. The molecule has 18 heavy (non-hydrogen) atoms. The number of hydrogen-bond donors (Lipinski definition) is 2. The molecule has 1 aromatic rings. The molecule has 0 radical (unpaired) electrons. The molecule has 0 saturated carbocycles. The van der Waals surface area contributed by atoms with E-state index in [4.69, 9.17) is 9.84 Å². The van der Waals surface area contributed by atoms with Gasteiger partial charge in [0.1, 0.15) is 5.75 Å². The van der Waals surface area contributed by atoms with Crippen molar-refractivity contribution >= 4 is 5.91 Å². The van der Waals surface area contributed by atoms with Crippen LogP contribution in [0.5, 0.6) is 5.75 Å². The van der Waals surface area contributed by atoms with Gasteiger partial charge >= 0.3 is 0 Å². The molecule has 0 heterocycles. The molecule has 0 fully saturated rings. The molecule has 1 aromatic carbocycles. The lowest BCUT2D eigenvalue weighted by Gasteiger charge is -2.17. The van der Waals surface area contributed by atoms with Crippen molar-refractivity contribution in [2.45, 2.75) is 32.2 Å². The van der Waals surface area contributed by atoms with Crippen molar-refractivity contribution < 1.29 is 14.6 Å². The Balaban J connectivity index is 2.61. The molecule has 0 aliphatic rings. The third-order valence-corrected chi connectivity index (χ3v) is 2.96. The summed E-state index contributed by atoms with van der Waals surface area (Å²) in [6, 6.07) is 7.45. The van der Waals surface area contributed by atoms with Gasteiger partial charge in [-0.3, -0.25) is 4.79 Å². The molecule has 0 aromatic heterocycles. The Morgan fingerprint density at radius 1 is 1.33 bits per heavy atom. The Kier molecular flexibility index (Phi) is 5.65. The molecule has 0 bridgehead atoms. The van der Waals surface area contributed by atoms with Gasteiger partial charge in [0.2, 0.25) is 5.91 Å². The van der Waals surface area contributed by atoms with E-state index in [1.54, 1.807) is 7.11 Å². The fourth-order valence-electron chi connectivity index (χ4n) is 1.68. The lowest BCUT2D eigenvalue weighted by Crippen LogP contribution is -2.36. The summed E-state index contributed by atoms with van der Waals surface area (Å²) < 4.78 is 5.08. The van der Waals surface area contributed by atoms with Gasteiger partial charge in [0.05, 0.1) is 13.0 Å². The van der Waals surface area contributed by atoms with Crippen molar-refractivity contribution in [3.63, 3.8) is 0 Å². The number of amides is 1. The molecular weight excluding hydrogens is 230 g/mol. The van der Waals surface area contributed by atoms with Gasteiger partial charge in [-0.15, -0.1) is 0 Å². The van der Waals surface area contributed by atoms with Crippen LogP contribution >= 0.6 is 0 Å². The van der Waals surface area contributed by atoms with E-state index in [1.165, 1.54) is 0 Å². The predicted molar refractivity (Wildman–Crippen MR) is 70.7 cm³/mol. The summed E-state index contributed by atoms with van der Waals surface area (Å²) in [6.07, 6.45) is 0.571. The predicted octanol–water partition coefficient (Wildman–Crippen LogP) is 1.69. The minimum Gasteiger partial charge on any atom is -0.497 e. The summed E-state index contributed by atoms with van der Waals surface area (Å²) in [5.74, 6) is 0.540. The highest BCUT2D eigenvalue weighted by molar-refractivity contribution is 5.83. The summed E-state index contributed by atoms with van der Waals surface area (Å²) >= 11 is 0. The van der Waals surface area contributed by atoms with Gasteiger partial charge in [-0.25, -0.2) is 0 Å². The van der Waals surface area contributed by atoms with E-state index in [1.807, 2.05) is 38.1 Å². The zero-order valence-corrected chi connectivity index (χ0v) is 11.1. The van der Waals surface area contributed by atoms with Crippen LogP contribution in [0.4, 0.5) is 0 Å². The number of methoxy groups -OCH3 is 1. The second-order valence-electron chi connectivity index (χ2n) is 4.42. The highest BCUT2D eigenvalue weighted by Gasteiger charge is 2.16. The van der Waals surface area contributed by atoms with Crippen LogP contribution in [0, 0.1) is 0 Å². The molecule has 4 nitrogen and oxygen atoms in total. The summed E-state index contributed by atoms with van der Waals surface area (Å²) in [4.78, 5) is 12.0. The van der Waals surface area contributed by atoms with E-state index >= 15 is 0 Å². The van der Waals surface area contributed by atoms with Crippen LogP contribution in [0.3, 0.4) is 0 Å². The summed E-state index contributed by atoms with van der Waals surface area (Å²) in [7, 11) is 1.61. The molecular formula is C14H21NO3. The van der Waals surface area contributed by atoms with E-state index in [9.17, 15) is 4.79 Å². The largest absolute Gasteiger partial charge is 0.497 e. The Labute approximate surface area is 108 Å². The molecule has 0 spiro atoms. The first-order chi connectivity index (χ1) is 8.58. The van der Waals surface area contributed by atoms with Crippen LogP contribution in [0.25, 0.3) is 0 Å². The fourth-order valence-corrected chi connectivity index (χ4v) is 1.68. The molecule has 2 N–H and O–H groups in total. The SMILES string of the molecule is COc1ccc(C(C)C(=O)NC(C)CCO)cc1. The van der Waals surface area contributed by atoms with Gasteiger partial charge in [-0.1, -0.05) is 12.1 Å². The first-order valence-corrected chi connectivity index (χ1v) is 6.13. The average molecular weight is 251 g/mol. The number of carbonyl (C=O) groups is 1. The van der Waals surface area contributed by atoms with Crippen LogP contribution in [-0.4, -0.2) is 30.8 Å². The maximum atomic E-state index is 12.0. The third-order valence-electron chi connectivity index (χ3n) is 2.96. The van der Waals surface area contributed by atoms with Gasteiger partial charge in [-0.2, -0.15) is 0 Å². The van der Waals surface area contributed by atoms with E-state index in [-0.39, 0.29) is 24.5 Å². The maximum absolute atomic E-state index is 12.0. The molecule has 4 heteroatoms. The van der Waals surface area contributed by atoms with E-state index in [0.29, 0.717) is 6.42 Å². The summed E-state index contributed by atoms with van der Waals surface area (Å²) in [5.41, 5.74) is 0.949. The zero-order chi connectivity index (χ0) is 13.5. The highest BCUT2D eigenvalue weighted by Crippen LogP contribution is 2.19. The molecule has 1 rings (SSSR count). The van der Waals surface area contributed by atoms with Crippen molar-refractivity contribution in [3.05, 3.63) is 29.8 Å².